The molecule has 5 heteroatoms. The Morgan fingerprint density at radius 2 is 1.64 bits per heavy atom. The van der Waals surface area contributed by atoms with Gasteiger partial charge >= 0.3 is 0 Å². The van der Waals surface area contributed by atoms with Crippen LogP contribution in [0, 0.1) is 5.41 Å². The fraction of sp³-hybridized carbons (Fsp3) is 0.250. The van der Waals surface area contributed by atoms with E-state index in [9.17, 15) is 4.79 Å². The van der Waals surface area contributed by atoms with Crippen molar-refractivity contribution in [1.29, 1.82) is 0 Å². The van der Waals surface area contributed by atoms with Crippen LogP contribution in [0.25, 0.3) is 11.1 Å². The molecule has 25 heavy (non-hydrogen) atoms. The van der Waals surface area contributed by atoms with Crippen LogP contribution in [-0.2, 0) is 4.79 Å². The van der Waals surface area contributed by atoms with Gasteiger partial charge in [-0.1, -0.05) is 63.2 Å². The molecule has 1 unspecified atom stereocenters. The lowest BCUT2D eigenvalue weighted by molar-refractivity contribution is -0.138. The SMILES string of the molecule is CC(C)(C)C(=O)C(Oc1ccc(-c2ccccc2)cc1)n1cncn1. The first-order chi connectivity index (χ1) is 11.9. The second-order valence-corrected chi connectivity index (χ2v) is 6.85. The largest absolute Gasteiger partial charge is 0.461 e. The molecule has 3 aromatic rings. The van der Waals surface area contributed by atoms with E-state index in [-0.39, 0.29) is 5.78 Å². The Kier molecular flexibility index (Phi) is 4.65. The van der Waals surface area contributed by atoms with Crippen LogP contribution in [0.4, 0.5) is 0 Å². The molecule has 0 saturated carbocycles. The monoisotopic (exact) mass is 335 g/mol. The second-order valence-electron chi connectivity index (χ2n) is 6.85. The highest BCUT2D eigenvalue weighted by atomic mass is 16.5. The van der Waals surface area contributed by atoms with Crippen LogP contribution < -0.4 is 4.74 Å². The Bertz CT molecular complexity index is 820. The smallest absolute Gasteiger partial charge is 0.252 e. The first-order valence-electron chi connectivity index (χ1n) is 8.16. The first kappa shape index (κ1) is 16.9. The fourth-order valence-electron chi connectivity index (χ4n) is 2.42. The number of hydrogen-bond donors (Lipinski definition) is 0. The van der Waals surface area contributed by atoms with Crippen molar-refractivity contribution in [3.8, 4) is 16.9 Å². The Morgan fingerprint density at radius 1 is 1.00 bits per heavy atom. The van der Waals surface area contributed by atoms with Crippen LogP contribution in [0.3, 0.4) is 0 Å². The molecule has 3 rings (SSSR count). The Balaban J connectivity index is 1.84. The number of benzene rings is 2. The molecule has 0 aliphatic rings. The summed E-state index contributed by atoms with van der Waals surface area (Å²) in [6, 6.07) is 17.8. The number of aromatic nitrogens is 3. The van der Waals surface area contributed by atoms with Gasteiger partial charge in [-0.15, -0.1) is 0 Å². The zero-order valence-corrected chi connectivity index (χ0v) is 14.6. The van der Waals surface area contributed by atoms with Gasteiger partial charge in [-0.2, -0.15) is 5.10 Å². The molecule has 1 atom stereocenters. The van der Waals surface area contributed by atoms with E-state index in [1.54, 1.807) is 0 Å². The van der Waals surface area contributed by atoms with Crippen molar-refractivity contribution in [3.63, 3.8) is 0 Å². The standard InChI is InChI=1S/C20H21N3O2/c1-20(2,3)18(24)19(23-14-21-13-22-23)25-17-11-9-16(10-12-17)15-7-5-4-6-8-15/h4-14,19H,1-3H3. The van der Waals surface area contributed by atoms with Crippen LogP contribution in [-0.4, -0.2) is 20.5 Å². The van der Waals surface area contributed by atoms with Crippen LogP contribution in [0.2, 0.25) is 0 Å². The molecule has 0 radical (unpaired) electrons. The summed E-state index contributed by atoms with van der Waals surface area (Å²) < 4.78 is 7.39. The predicted octanol–water partition coefficient (Wildman–Crippen LogP) is 4.14. The van der Waals surface area contributed by atoms with Crippen molar-refractivity contribution in [3.05, 3.63) is 67.3 Å². The van der Waals surface area contributed by atoms with Crippen molar-refractivity contribution >= 4 is 5.78 Å². The van der Waals surface area contributed by atoms with Gasteiger partial charge in [0.15, 0.2) is 0 Å². The van der Waals surface area contributed by atoms with Crippen molar-refractivity contribution in [2.45, 2.75) is 27.0 Å². The molecule has 0 fully saturated rings. The molecule has 0 N–H and O–H groups in total. The van der Waals surface area contributed by atoms with Gasteiger partial charge in [-0.05, 0) is 23.3 Å². The maximum absolute atomic E-state index is 12.7. The lowest BCUT2D eigenvalue weighted by atomic mass is 9.90. The molecule has 0 amide bonds. The van der Waals surface area contributed by atoms with Gasteiger partial charge in [0, 0.05) is 5.41 Å². The third kappa shape index (κ3) is 3.94. The van der Waals surface area contributed by atoms with E-state index in [1.165, 1.54) is 17.3 Å². The van der Waals surface area contributed by atoms with Gasteiger partial charge < -0.3 is 4.74 Å². The van der Waals surface area contributed by atoms with Gasteiger partial charge in [0.05, 0.1) is 0 Å². The minimum Gasteiger partial charge on any atom is -0.461 e. The number of rotatable bonds is 5. The summed E-state index contributed by atoms with van der Waals surface area (Å²) in [6.07, 6.45) is 2.04. The minimum absolute atomic E-state index is 0.0647. The predicted molar refractivity (Wildman–Crippen MR) is 96.0 cm³/mol. The third-order valence-corrected chi connectivity index (χ3v) is 3.85. The van der Waals surface area contributed by atoms with Crippen LogP contribution in [0.5, 0.6) is 5.75 Å². The molecule has 0 spiro atoms. The summed E-state index contributed by atoms with van der Waals surface area (Å²) in [7, 11) is 0. The van der Waals surface area contributed by atoms with Crippen LogP contribution >= 0.6 is 0 Å². The van der Waals surface area contributed by atoms with E-state index in [0.717, 1.165) is 11.1 Å². The summed E-state index contributed by atoms with van der Waals surface area (Å²) in [6.45, 7) is 5.59. The molecule has 0 saturated heterocycles. The topological polar surface area (TPSA) is 57.0 Å². The number of carbonyl (C=O) groups excluding carboxylic acids is 1. The van der Waals surface area contributed by atoms with Crippen LogP contribution in [0.1, 0.15) is 27.0 Å². The molecular formula is C20H21N3O2. The maximum Gasteiger partial charge on any atom is 0.252 e. The zero-order valence-electron chi connectivity index (χ0n) is 14.6. The normalized spacial score (nSPS) is 12.6. The molecular weight excluding hydrogens is 314 g/mol. The van der Waals surface area contributed by atoms with Gasteiger partial charge in [-0.3, -0.25) is 4.79 Å². The zero-order chi connectivity index (χ0) is 17.9. The first-order valence-corrected chi connectivity index (χ1v) is 8.16. The van der Waals surface area contributed by atoms with Crippen molar-refractivity contribution in [2.24, 2.45) is 5.41 Å². The number of nitrogens with zero attached hydrogens (tertiary/aromatic N) is 3. The molecule has 1 aromatic heterocycles. The highest BCUT2D eigenvalue weighted by molar-refractivity contribution is 5.86. The summed E-state index contributed by atoms with van der Waals surface area (Å²) in [5.74, 6) is 0.544. The van der Waals surface area contributed by atoms with E-state index in [0.29, 0.717) is 5.75 Å². The summed E-state index contributed by atoms with van der Waals surface area (Å²) in [4.78, 5) is 16.7. The van der Waals surface area contributed by atoms with E-state index in [4.69, 9.17) is 4.74 Å². The molecule has 0 aliphatic carbocycles. The quantitative estimate of drug-likeness (QED) is 0.703. The third-order valence-electron chi connectivity index (χ3n) is 3.85. The number of hydrogen-bond acceptors (Lipinski definition) is 4. The van der Waals surface area contributed by atoms with Gasteiger partial charge in [0.25, 0.3) is 6.23 Å². The van der Waals surface area contributed by atoms with Gasteiger partial charge in [0.2, 0.25) is 5.78 Å². The molecule has 2 aromatic carbocycles. The number of carbonyl (C=O) groups is 1. The Labute approximate surface area is 147 Å². The average molecular weight is 335 g/mol. The van der Waals surface area contributed by atoms with E-state index < -0.39 is 11.6 Å². The van der Waals surface area contributed by atoms with Crippen molar-refractivity contribution < 1.29 is 9.53 Å². The van der Waals surface area contributed by atoms with Crippen molar-refractivity contribution in [2.75, 3.05) is 0 Å². The second kappa shape index (κ2) is 6.89. The molecule has 1 heterocycles. The van der Waals surface area contributed by atoms with Gasteiger partial charge in [-0.25, -0.2) is 9.67 Å². The molecule has 0 aliphatic heterocycles. The summed E-state index contributed by atoms with van der Waals surface area (Å²) in [5, 5.41) is 4.07. The lowest BCUT2D eigenvalue weighted by Gasteiger charge is -2.25. The highest BCUT2D eigenvalue weighted by Gasteiger charge is 2.33. The number of ketones is 1. The van der Waals surface area contributed by atoms with Crippen LogP contribution in [0.15, 0.2) is 67.3 Å². The van der Waals surface area contributed by atoms with E-state index >= 15 is 0 Å². The van der Waals surface area contributed by atoms with Gasteiger partial charge in [0.1, 0.15) is 18.4 Å². The minimum atomic E-state index is -0.843. The fourth-order valence-corrected chi connectivity index (χ4v) is 2.42. The Hall–Kier alpha value is -2.95. The van der Waals surface area contributed by atoms with E-state index in [1.807, 2.05) is 63.2 Å². The molecule has 128 valence electrons. The van der Waals surface area contributed by atoms with Crippen molar-refractivity contribution in [1.82, 2.24) is 14.8 Å². The maximum atomic E-state index is 12.7. The summed E-state index contributed by atoms with van der Waals surface area (Å²) in [5.41, 5.74) is 1.67. The lowest BCUT2D eigenvalue weighted by Crippen LogP contribution is -2.34. The number of ether oxygens (including phenoxy) is 1. The highest BCUT2D eigenvalue weighted by Crippen LogP contribution is 2.28. The molecule has 5 nitrogen and oxygen atoms in total. The average Bonchev–Trinajstić information content (AvgIpc) is 3.14. The number of Topliss-reactive ketones (excluding diaryl/α,β-unsaturated/α-hetero) is 1. The molecule has 0 bridgehead atoms. The Morgan fingerprint density at radius 3 is 2.20 bits per heavy atom. The summed E-state index contributed by atoms with van der Waals surface area (Å²) >= 11 is 0. The van der Waals surface area contributed by atoms with E-state index in [2.05, 4.69) is 22.2 Å².